The van der Waals surface area contributed by atoms with Crippen molar-refractivity contribution >= 4 is 21.7 Å². The minimum atomic E-state index is -4.18. The van der Waals surface area contributed by atoms with Crippen molar-refractivity contribution in [2.45, 2.75) is 18.7 Å². The first-order valence-electron chi connectivity index (χ1n) is 7.45. The number of carbonyl (C=O) groups is 1. The van der Waals surface area contributed by atoms with Crippen molar-refractivity contribution in [1.29, 1.82) is 0 Å². The van der Waals surface area contributed by atoms with Crippen LogP contribution in [0.4, 0.5) is 14.5 Å². The molecule has 0 aliphatic carbocycles. The molecule has 134 valence electrons. The lowest BCUT2D eigenvalue weighted by atomic mass is 10.2. The van der Waals surface area contributed by atoms with Gasteiger partial charge in [-0.3, -0.25) is 9.10 Å². The molecule has 5 nitrogen and oxygen atoms in total. The number of rotatable bonds is 6. The molecule has 25 heavy (non-hydrogen) atoms. The summed E-state index contributed by atoms with van der Waals surface area (Å²) in [6.45, 7) is 2.55. The Morgan fingerprint density at radius 1 is 1.08 bits per heavy atom. The minimum absolute atomic E-state index is 0.0890. The topological polar surface area (TPSA) is 63.7 Å². The van der Waals surface area contributed by atoms with E-state index >= 15 is 0 Å². The second-order valence-electron chi connectivity index (χ2n) is 5.20. The maximum atomic E-state index is 13.3. The molecule has 0 bridgehead atoms. The van der Waals surface area contributed by atoms with Gasteiger partial charge in [0.1, 0.15) is 18.2 Å². The maximum absolute atomic E-state index is 13.3. The molecule has 0 atom stereocenters. The summed E-state index contributed by atoms with van der Waals surface area (Å²) in [6, 6.07) is 7.88. The molecule has 2 aromatic rings. The third-order valence-electron chi connectivity index (χ3n) is 3.40. The smallest absolute Gasteiger partial charge is 0.326 e. The van der Waals surface area contributed by atoms with Crippen LogP contribution in [0.2, 0.25) is 0 Å². The number of anilines is 1. The minimum Gasteiger partial charge on any atom is -0.465 e. The van der Waals surface area contributed by atoms with Gasteiger partial charge in [-0.15, -0.1) is 0 Å². The van der Waals surface area contributed by atoms with Crippen LogP contribution in [0, 0.1) is 18.6 Å². The second kappa shape index (κ2) is 7.60. The Hall–Kier alpha value is -2.48. The summed E-state index contributed by atoms with van der Waals surface area (Å²) in [5, 5.41) is 0. The molecule has 0 amide bonds. The number of ether oxygens (including phenoxy) is 1. The van der Waals surface area contributed by atoms with Crippen LogP contribution in [-0.2, 0) is 19.6 Å². The SMILES string of the molecule is CCOC(=O)CN(c1ccc(F)cc1)S(=O)(=O)c1ccc(F)cc1C. The molecule has 8 heteroatoms. The third-order valence-corrected chi connectivity index (χ3v) is 5.33. The maximum Gasteiger partial charge on any atom is 0.326 e. The predicted molar refractivity (Wildman–Crippen MR) is 88.7 cm³/mol. The van der Waals surface area contributed by atoms with E-state index in [9.17, 15) is 22.0 Å². The Morgan fingerprint density at radius 2 is 1.68 bits per heavy atom. The predicted octanol–water partition coefficient (Wildman–Crippen LogP) is 3.03. The molecule has 0 N–H and O–H groups in total. The van der Waals surface area contributed by atoms with Crippen LogP contribution < -0.4 is 4.31 Å². The lowest BCUT2D eigenvalue weighted by molar-refractivity contribution is -0.141. The summed E-state index contributed by atoms with van der Waals surface area (Å²) < 4.78 is 58.1. The van der Waals surface area contributed by atoms with Crippen LogP contribution in [-0.4, -0.2) is 27.5 Å². The lowest BCUT2D eigenvalue weighted by Crippen LogP contribution is -2.37. The van der Waals surface area contributed by atoms with E-state index in [1.54, 1.807) is 6.92 Å². The Labute approximate surface area is 144 Å². The van der Waals surface area contributed by atoms with E-state index < -0.39 is 34.2 Å². The first-order valence-corrected chi connectivity index (χ1v) is 8.89. The number of hydrogen-bond donors (Lipinski definition) is 0. The molecule has 0 aliphatic heterocycles. The van der Waals surface area contributed by atoms with Crippen molar-refractivity contribution < 1.29 is 26.7 Å². The fraction of sp³-hybridized carbons (Fsp3) is 0.235. The Balaban J connectivity index is 2.52. The highest BCUT2D eigenvalue weighted by molar-refractivity contribution is 7.93. The molecule has 0 spiro atoms. The van der Waals surface area contributed by atoms with Crippen molar-refractivity contribution in [2.75, 3.05) is 17.5 Å². The fourth-order valence-corrected chi connectivity index (χ4v) is 3.89. The number of benzene rings is 2. The highest BCUT2D eigenvalue weighted by Gasteiger charge is 2.29. The Morgan fingerprint density at radius 3 is 2.24 bits per heavy atom. The van der Waals surface area contributed by atoms with Crippen LogP contribution in [0.5, 0.6) is 0 Å². The number of hydrogen-bond acceptors (Lipinski definition) is 4. The normalized spacial score (nSPS) is 11.2. The number of esters is 1. The molecule has 0 aromatic heterocycles. The van der Waals surface area contributed by atoms with Crippen LogP contribution in [0.1, 0.15) is 12.5 Å². The number of nitrogens with zero attached hydrogens (tertiary/aromatic N) is 1. The molecular formula is C17H17F2NO4S. The van der Waals surface area contributed by atoms with Gasteiger partial charge in [0.15, 0.2) is 0 Å². The summed E-state index contributed by atoms with van der Waals surface area (Å²) in [5.41, 5.74) is 0.286. The molecular weight excluding hydrogens is 352 g/mol. The van der Waals surface area contributed by atoms with Gasteiger partial charge >= 0.3 is 5.97 Å². The zero-order valence-corrected chi connectivity index (χ0v) is 14.5. The van der Waals surface area contributed by atoms with E-state index in [0.717, 1.165) is 34.6 Å². The van der Waals surface area contributed by atoms with Crippen molar-refractivity contribution in [2.24, 2.45) is 0 Å². The largest absolute Gasteiger partial charge is 0.465 e. The second-order valence-corrected chi connectivity index (χ2v) is 7.03. The van der Waals surface area contributed by atoms with E-state index in [2.05, 4.69) is 0 Å². The number of sulfonamides is 1. The molecule has 0 fully saturated rings. The summed E-state index contributed by atoms with van der Waals surface area (Å²) in [4.78, 5) is 11.7. The summed E-state index contributed by atoms with van der Waals surface area (Å²) in [5.74, 6) is -1.87. The molecule has 0 saturated carbocycles. The standard InChI is InChI=1S/C17H17F2NO4S/c1-3-24-17(21)11-20(15-7-4-13(18)5-8-15)25(22,23)16-9-6-14(19)10-12(16)2/h4-10H,3,11H2,1-2H3. The van der Waals surface area contributed by atoms with Crippen LogP contribution in [0.25, 0.3) is 0 Å². The van der Waals surface area contributed by atoms with Crippen molar-refractivity contribution in [3.05, 3.63) is 59.7 Å². The van der Waals surface area contributed by atoms with E-state index in [1.807, 2.05) is 0 Å². The van der Waals surface area contributed by atoms with Gasteiger partial charge in [0, 0.05) is 0 Å². The monoisotopic (exact) mass is 369 g/mol. The molecule has 0 heterocycles. The quantitative estimate of drug-likeness (QED) is 0.735. The zero-order chi connectivity index (χ0) is 18.6. The van der Waals surface area contributed by atoms with E-state index in [0.29, 0.717) is 0 Å². The van der Waals surface area contributed by atoms with Gasteiger partial charge < -0.3 is 4.74 Å². The van der Waals surface area contributed by atoms with Crippen molar-refractivity contribution in [3.63, 3.8) is 0 Å². The third kappa shape index (κ3) is 4.33. The molecule has 0 unspecified atom stereocenters. The Bertz CT molecular complexity index is 867. The first kappa shape index (κ1) is 18.9. The van der Waals surface area contributed by atoms with Gasteiger partial charge in [-0.1, -0.05) is 0 Å². The molecule has 0 saturated heterocycles. The molecule has 0 aliphatic rings. The Kier molecular flexibility index (Phi) is 5.73. The first-order chi connectivity index (χ1) is 11.8. The van der Waals surface area contributed by atoms with Crippen LogP contribution in [0.15, 0.2) is 47.4 Å². The molecule has 0 radical (unpaired) electrons. The molecule has 2 aromatic carbocycles. The molecule has 2 rings (SSSR count). The van der Waals surface area contributed by atoms with Gasteiger partial charge in [-0.25, -0.2) is 17.2 Å². The number of halogens is 2. The van der Waals surface area contributed by atoms with Crippen LogP contribution >= 0.6 is 0 Å². The van der Waals surface area contributed by atoms with Gasteiger partial charge in [0.25, 0.3) is 10.0 Å². The van der Waals surface area contributed by atoms with Gasteiger partial charge in [0.2, 0.25) is 0 Å². The fourth-order valence-electron chi connectivity index (χ4n) is 2.27. The lowest BCUT2D eigenvalue weighted by Gasteiger charge is -2.24. The highest BCUT2D eigenvalue weighted by Crippen LogP contribution is 2.26. The average molecular weight is 369 g/mol. The van der Waals surface area contributed by atoms with Gasteiger partial charge in [-0.2, -0.15) is 0 Å². The summed E-state index contributed by atoms with van der Waals surface area (Å²) >= 11 is 0. The van der Waals surface area contributed by atoms with Gasteiger partial charge in [-0.05, 0) is 61.9 Å². The average Bonchev–Trinajstić information content (AvgIpc) is 2.53. The number of aryl methyl sites for hydroxylation is 1. The number of carbonyl (C=O) groups excluding carboxylic acids is 1. The summed E-state index contributed by atoms with van der Waals surface area (Å²) in [6.07, 6.45) is 0. The van der Waals surface area contributed by atoms with E-state index in [-0.39, 0.29) is 22.8 Å². The zero-order valence-electron chi connectivity index (χ0n) is 13.7. The van der Waals surface area contributed by atoms with Crippen molar-refractivity contribution in [3.8, 4) is 0 Å². The highest BCUT2D eigenvalue weighted by atomic mass is 32.2. The van der Waals surface area contributed by atoms with Gasteiger partial charge in [0.05, 0.1) is 17.2 Å². The van der Waals surface area contributed by atoms with E-state index in [1.165, 1.54) is 19.1 Å². The van der Waals surface area contributed by atoms with E-state index in [4.69, 9.17) is 4.74 Å². The van der Waals surface area contributed by atoms with Crippen molar-refractivity contribution in [1.82, 2.24) is 0 Å². The van der Waals surface area contributed by atoms with Crippen LogP contribution in [0.3, 0.4) is 0 Å². The summed E-state index contributed by atoms with van der Waals surface area (Å²) in [7, 11) is -4.18.